The lowest BCUT2D eigenvalue weighted by Crippen LogP contribution is -2.00. The van der Waals surface area contributed by atoms with Crippen LogP contribution < -0.4 is 0 Å². The number of halogens is 1. The van der Waals surface area contributed by atoms with E-state index in [-0.39, 0.29) is 0 Å². The summed E-state index contributed by atoms with van der Waals surface area (Å²) < 4.78 is 2.07. The molecule has 2 aromatic carbocycles. The minimum Gasteiger partial charge on any atom is -0.311 e. The molecule has 0 aliphatic carbocycles. The number of imidazole rings is 1. The molecular formula is C22H15ClN4. The molecule has 0 radical (unpaired) electrons. The van der Waals surface area contributed by atoms with Crippen LogP contribution in [0.3, 0.4) is 0 Å². The lowest BCUT2D eigenvalue weighted by Gasteiger charge is -2.07. The van der Waals surface area contributed by atoms with Crippen molar-refractivity contribution in [2.45, 2.75) is 6.54 Å². The lowest BCUT2D eigenvalue weighted by molar-refractivity contribution is 0.815. The predicted octanol–water partition coefficient (Wildman–Crippen LogP) is 5.35. The zero-order valence-electron chi connectivity index (χ0n) is 14.4. The van der Waals surface area contributed by atoms with E-state index in [0.29, 0.717) is 11.6 Å². The van der Waals surface area contributed by atoms with Gasteiger partial charge in [-0.15, -0.1) is 0 Å². The van der Waals surface area contributed by atoms with Crippen molar-refractivity contribution in [3.63, 3.8) is 0 Å². The van der Waals surface area contributed by atoms with Gasteiger partial charge in [0.25, 0.3) is 0 Å². The SMILES string of the molecule is Clc1cccc(-c2ccc3ncn(Cc4ccc5ncccc5c4)c3n2)c1. The van der Waals surface area contributed by atoms with Crippen LogP contribution in [0.4, 0.5) is 0 Å². The van der Waals surface area contributed by atoms with E-state index in [1.165, 1.54) is 5.56 Å². The first-order valence-electron chi connectivity index (χ1n) is 8.68. The van der Waals surface area contributed by atoms with E-state index >= 15 is 0 Å². The number of rotatable bonds is 3. The molecule has 5 heteroatoms. The molecule has 5 rings (SSSR count). The van der Waals surface area contributed by atoms with Crippen molar-refractivity contribution in [2.24, 2.45) is 0 Å². The van der Waals surface area contributed by atoms with Gasteiger partial charge in [0.1, 0.15) is 5.52 Å². The van der Waals surface area contributed by atoms with Crippen LogP contribution in [0, 0.1) is 0 Å². The largest absolute Gasteiger partial charge is 0.311 e. The second-order valence-electron chi connectivity index (χ2n) is 6.45. The number of benzene rings is 2. The number of aromatic nitrogens is 4. The van der Waals surface area contributed by atoms with Crippen LogP contribution in [0.25, 0.3) is 33.3 Å². The normalized spacial score (nSPS) is 11.3. The summed E-state index contributed by atoms with van der Waals surface area (Å²) in [7, 11) is 0. The van der Waals surface area contributed by atoms with Crippen LogP contribution in [0.5, 0.6) is 0 Å². The standard InChI is InChI=1S/C22H15ClN4/c23-18-5-1-3-17(12-18)20-8-9-21-22(26-20)27(14-25-21)13-15-6-7-19-16(11-15)4-2-10-24-19/h1-12,14H,13H2. The molecule has 0 atom stereocenters. The topological polar surface area (TPSA) is 43.6 Å². The Kier molecular flexibility index (Phi) is 3.84. The summed E-state index contributed by atoms with van der Waals surface area (Å²) in [4.78, 5) is 13.7. The van der Waals surface area contributed by atoms with Crippen LogP contribution in [0.2, 0.25) is 5.02 Å². The Morgan fingerprint density at radius 2 is 1.78 bits per heavy atom. The lowest BCUT2D eigenvalue weighted by atomic mass is 10.1. The molecule has 0 unspecified atom stereocenters. The Labute approximate surface area is 161 Å². The van der Waals surface area contributed by atoms with E-state index in [1.807, 2.05) is 55.0 Å². The molecule has 0 fully saturated rings. The van der Waals surface area contributed by atoms with Gasteiger partial charge >= 0.3 is 0 Å². The van der Waals surface area contributed by atoms with Gasteiger partial charge in [0.2, 0.25) is 0 Å². The average molecular weight is 371 g/mol. The molecule has 0 spiro atoms. The summed E-state index contributed by atoms with van der Waals surface area (Å²) >= 11 is 6.13. The van der Waals surface area contributed by atoms with Gasteiger partial charge in [0.05, 0.1) is 24.1 Å². The maximum atomic E-state index is 6.13. The average Bonchev–Trinajstić information content (AvgIpc) is 3.10. The van der Waals surface area contributed by atoms with Gasteiger partial charge in [0.15, 0.2) is 5.65 Å². The summed E-state index contributed by atoms with van der Waals surface area (Å²) in [5, 5.41) is 1.83. The van der Waals surface area contributed by atoms with Gasteiger partial charge in [-0.3, -0.25) is 4.98 Å². The highest BCUT2D eigenvalue weighted by Crippen LogP contribution is 2.24. The molecule has 4 nitrogen and oxygen atoms in total. The Morgan fingerprint density at radius 1 is 0.852 bits per heavy atom. The minimum absolute atomic E-state index is 0.702. The number of fused-ring (bicyclic) bond motifs is 2. The van der Waals surface area contributed by atoms with E-state index in [4.69, 9.17) is 16.6 Å². The van der Waals surface area contributed by atoms with Crippen LogP contribution in [0.1, 0.15) is 5.56 Å². The Morgan fingerprint density at radius 3 is 2.70 bits per heavy atom. The smallest absolute Gasteiger partial charge is 0.160 e. The van der Waals surface area contributed by atoms with Crippen molar-refractivity contribution < 1.29 is 0 Å². The molecule has 3 aromatic heterocycles. The van der Waals surface area contributed by atoms with Gasteiger partial charge in [0, 0.05) is 22.2 Å². The zero-order chi connectivity index (χ0) is 18.2. The maximum absolute atomic E-state index is 6.13. The zero-order valence-corrected chi connectivity index (χ0v) is 15.1. The van der Waals surface area contributed by atoms with Crippen LogP contribution in [0.15, 0.2) is 79.3 Å². The third-order valence-corrected chi connectivity index (χ3v) is 4.84. The van der Waals surface area contributed by atoms with Gasteiger partial charge < -0.3 is 4.57 Å². The fourth-order valence-electron chi connectivity index (χ4n) is 3.28. The van der Waals surface area contributed by atoms with E-state index in [2.05, 4.69) is 38.8 Å². The molecular weight excluding hydrogens is 356 g/mol. The quantitative estimate of drug-likeness (QED) is 0.430. The summed E-state index contributed by atoms with van der Waals surface area (Å²) in [5.41, 5.74) is 5.80. The fourth-order valence-corrected chi connectivity index (χ4v) is 3.47. The molecule has 130 valence electrons. The molecule has 27 heavy (non-hydrogen) atoms. The van der Waals surface area contributed by atoms with Crippen molar-refractivity contribution in [1.29, 1.82) is 0 Å². The Hall–Kier alpha value is -3.24. The minimum atomic E-state index is 0.702. The van der Waals surface area contributed by atoms with Crippen molar-refractivity contribution in [1.82, 2.24) is 19.5 Å². The summed E-state index contributed by atoms with van der Waals surface area (Å²) in [5.74, 6) is 0. The maximum Gasteiger partial charge on any atom is 0.160 e. The third-order valence-electron chi connectivity index (χ3n) is 4.60. The monoisotopic (exact) mass is 370 g/mol. The second kappa shape index (κ2) is 6.49. The number of pyridine rings is 2. The predicted molar refractivity (Wildman–Crippen MR) is 109 cm³/mol. The van der Waals surface area contributed by atoms with Gasteiger partial charge in [-0.1, -0.05) is 35.9 Å². The summed E-state index contributed by atoms with van der Waals surface area (Å²) in [6.45, 7) is 0.702. The summed E-state index contributed by atoms with van der Waals surface area (Å²) in [6, 6.07) is 22.1. The highest BCUT2D eigenvalue weighted by atomic mass is 35.5. The second-order valence-corrected chi connectivity index (χ2v) is 6.89. The van der Waals surface area contributed by atoms with Gasteiger partial charge in [-0.05, 0) is 48.0 Å². The summed E-state index contributed by atoms with van der Waals surface area (Å²) in [6.07, 6.45) is 3.65. The molecule has 3 heterocycles. The molecule has 0 aliphatic heterocycles. The van der Waals surface area contributed by atoms with E-state index in [1.54, 1.807) is 0 Å². The van der Waals surface area contributed by atoms with Gasteiger partial charge in [-0.25, -0.2) is 9.97 Å². The Balaban J connectivity index is 1.55. The van der Waals surface area contributed by atoms with Crippen molar-refractivity contribution >= 4 is 33.7 Å². The molecule has 0 saturated carbocycles. The molecule has 0 bridgehead atoms. The Bertz CT molecular complexity index is 1280. The van der Waals surface area contributed by atoms with E-state index in [9.17, 15) is 0 Å². The highest BCUT2D eigenvalue weighted by molar-refractivity contribution is 6.30. The molecule has 0 N–H and O–H groups in total. The van der Waals surface area contributed by atoms with Crippen molar-refractivity contribution in [3.05, 3.63) is 89.8 Å². The highest BCUT2D eigenvalue weighted by Gasteiger charge is 2.08. The molecule has 0 saturated heterocycles. The number of hydrogen-bond acceptors (Lipinski definition) is 3. The number of nitrogens with zero attached hydrogens (tertiary/aromatic N) is 4. The number of hydrogen-bond donors (Lipinski definition) is 0. The van der Waals surface area contributed by atoms with Crippen LogP contribution in [-0.4, -0.2) is 19.5 Å². The van der Waals surface area contributed by atoms with Crippen molar-refractivity contribution in [3.8, 4) is 11.3 Å². The fraction of sp³-hybridized carbons (Fsp3) is 0.0455. The molecule has 0 amide bonds. The third kappa shape index (κ3) is 3.04. The first-order valence-corrected chi connectivity index (χ1v) is 9.05. The van der Waals surface area contributed by atoms with Gasteiger partial charge in [-0.2, -0.15) is 0 Å². The first-order chi connectivity index (χ1) is 13.3. The first kappa shape index (κ1) is 16.0. The van der Waals surface area contributed by atoms with Crippen LogP contribution in [-0.2, 0) is 6.54 Å². The van der Waals surface area contributed by atoms with E-state index < -0.39 is 0 Å². The molecule has 5 aromatic rings. The van der Waals surface area contributed by atoms with E-state index in [0.717, 1.165) is 33.3 Å². The van der Waals surface area contributed by atoms with Crippen LogP contribution >= 0.6 is 11.6 Å². The molecule has 0 aliphatic rings. The van der Waals surface area contributed by atoms with Crippen molar-refractivity contribution in [2.75, 3.05) is 0 Å².